The van der Waals surface area contributed by atoms with Crippen LogP contribution in [0.1, 0.15) is 15.9 Å². The van der Waals surface area contributed by atoms with Gasteiger partial charge in [-0.25, -0.2) is 4.79 Å². The van der Waals surface area contributed by atoms with E-state index in [2.05, 4.69) is 15.9 Å². The monoisotopic (exact) mass is 226 g/mol. The molecule has 0 fully saturated rings. The summed E-state index contributed by atoms with van der Waals surface area (Å²) in [6.45, 7) is 0. The molecular formula is C8H8BBrO2. The second kappa shape index (κ2) is 3.76. The standard InChI is InChI=1S/C8H8BBrO2/c9-7-3-5(8(11)12)1-2-6(7)4-10/h1-3H,4,9H2,(H,11,12). The van der Waals surface area contributed by atoms with E-state index in [1.54, 1.807) is 12.1 Å². The molecule has 0 aliphatic carbocycles. The van der Waals surface area contributed by atoms with Gasteiger partial charge in [0.2, 0.25) is 0 Å². The Bertz CT molecular complexity index is 312. The normalized spacial score (nSPS) is 9.75. The first-order valence-corrected chi connectivity index (χ1v) is 4.66. The lowest BCUT2D eigenvalue weighted by Gasteiger charge is -2.02. The summed E-state index contributed by atoms with van der Waals surface area (Å²) >= 11 is 3.32. The number of hydrogen-bond acceptors (Lipinski definition) is 1. The molecule has 0 atom stereocenters. The average molecular weight is 227 g/mol. The van der Waals surface area contributed by atoms with Crippen molar-refractivity contribution in [3.63, 3.8) is 0 Å². The van der Waals surface area contributed by atoms with Gasteiger partial charge in [-0.15, -0.1) is 0 Å². The third-order valence-corrected chi connectivity index (χ3v) is 2.34. The maximum atomic E-state index is 10.5. The number of alkyl halides is 1. The van der Waals surface area contributed by atoms with Gasteiger partial charge in [-0.2, -0.15) is 0 Å². The van der Waals surface area contributed by atoms with Gasteiger partial charge < -0.3 is 5.11 Å². The van der Waals surface area contributed by atoms with Gasteiger partial charge in [0.25, 0.3) is 0 Å². The fraction of sp³-hybridized carbons (Fsp3) is 0.125. The molecule has 0 bridgehead atoms. The number of carboxylic acids is 1. The maximum absolute atomic E-state index is 10.5. The summed E-state index contributed by atoms with van der Waals surface area (Å²) < 4.78 is 0. The minimum atomic E-state index is -0.876. The summed E-state index contributed by atoms with van der Waals surface area (Å²) in [4.78, 5) is 10.5. The first-order chi connectivity index (χ1) is 5.65. The zero-order chi connectivity index (χ0) is 9.14. The highest BCUT2D eigenvalue weighted by Gasteiger charge is 2.03. The molecule has 0 heterocycles. The molecule has 4 heteroatoms. The molecule has 0 aliphatic rings. The molecule has 1 aromatic rings. The Balaban J connectivity index is 3.10. The molecule has 12 heavy (non-hydrogen) atoms. The Labute approximate surface area is 80.1 Å². The molecule has 0 amide bonds. The van der Waals surface area contributed by atoms with Crippen LogP contribution >= 0.6 is 15.9 Å². The van der Waals surface area contributed by atoms with Gasteiger partial charge >= 0.3 is 5.97 Å². The van der Waals surface area contributed by atoms with Crippen molar-refractivity contribution in [2.45, 2.75) is 5.33 Å². The fourth-order valence-corrected chi connectivity index (χ4v) is 1.61. The highest BCUT2D eigenvalue weighted by atomic mass is 79.9. The minimum absolute atomic E-state index is 0.345. The van der Waals surface area contributed by atoms with E-state index < -0.39 is 5.97 Å². The van der Waals surface area contributed by atoms with Crippen LogP contribution in [0.4, 0.5) is 0 Å². The quantitative estimate of drug-likeness (QED) is 0.591. The second-order valence-corrected chi connectivity index (χ2v) is 3.14. The number of rotatable bonds is 2. The highest BCUT2D eigenvalue weighted by molar-refractivity contribution is 9.08. The van der Waals surface area contributed by atoms with Crippen LogP contribution in [0.15, 0.2) is 18.2 Å². The van der Waals surface area contributed by atoms with Crippen molar-refractivity contribution in [3.05, 3.63) is 29.3 Å². The van der Waals surface area contributed by atoms with Crippen LogP contribution in [-0.2, 0) is 5.33 Å². The van der Waals surface area contributed by atoms with E-state index in [0.29, 0.717) is 5.56 Å². The maximum Gasteiger partial charge on any atom is 0.335 e. The molecule has 0 saturated carbocycles. The van der Waals surface area contributed by atoms with Crippen molar-refractivity contribution in [3.8, 4) is 0 Å². The van der Waals surface area contributed by atoms with E-state index in [9.17, 15) is 4.79 Å². The van der Waals surface area contributed by atoms with Crippen molar-refractivity contribution >= 4 is 35.2 Å². The van der Waals surface area contributed by atoms with Crippen LogP contribution in [0.5, 0.6) is 0 Å². The minimum Gasteiger partial charge on any atom is -0.478 e. The molecule has 1 aromatic carbocycles. The number of benzene rings is 1. The first kappa shape index (κ1) is 9.32. The predicted octanol–water partition coefficient (Wildman–Crippen LogP) is 0.538. The molecule has 62 valence electrons. The lowest BCUT2D eigenvalue weighted by molar-refractivity contribution is 0.0697. The second-order valence-electron chi connectivity index (χ2n) is 2.58. The van der Waals surface area contributed by atoms with Crippen LogP contribution in [0, 0.1) is 0 Å². The summed E-state index contributed by atoms with van der Waals surface area (Å²) in [5, 5.41) is 9.42. The zero-order valence-electron chi connectivity index (χ0n) is 6.67. The third-order valence-electron chi connectivity index (χ3n) is 1.73. The average Bonchev–Trinajstić information content (AvgIpc) is 2.04. The van der Waals surface area contributed by atoms with Gasteiger partial charge in [0.1, 0.15) is 7.85 Å². The molecule has 2 nitrogen and oxygen atoms in total. The molecule has 0 saturated heterocycles. The van der Waals surface area contributed by atoms with Crippen molar-refractivity contribution in [2.24, 2.45) is 0 Å². The summed E-state index contributed by atoms with van der Waals surface area (Å²) in [5.74, 6) is -0.876. The van der Waals surface area contributed by atoms with E-state index in [-0.39, 0.29) is 0 Å². The summed E-state index contributed by atoms with van der Waals surface area (Å²) in [6, 6.07) is 5.12. The van der Waals surface area contributed by atoms with Gasteiger partial charge in [-0.05, 0) is 11.6 Å². The van der Waals surface area contributed by atoms with Crippen LogP contribution in [0.2, 0.25) is 0 Å². The molecule has 1 rings (SSSR count). The number of aromatic carboxylic acids is 1. The Morgan fingerprint density at radius 2 is 2.25 bits per heavy atom. The molecule has 0 radical (unpaired) electrons. The SMILES string of the molecule is Bc1cc(C(=O)O)ccc1CBr. The largest absolute Gasteiger partial charge is 0.478 e. The number of hydrogen-bond donors (Lipinski definition) is 1. The van der Waals surface area contributed by atoms with E-state index in [4.69, 9.17) is 5.11 Å². The van der Waals surface area contributed by atoms with Crippen LogP contribution in [0.3, 0.4) is 0 Å². The predicted molar refractivity (Wildman–Crippen MR) is 54.2 cm³/mol. The van der Waals surface area contributed by atoms with Gasteiger partial charge in [0, 0.05) is 5.33 Å². The Morgan fingerprint density at radius 3 is 2.67 bits per heavy atom. The lowest BCUT2D eigenvalue weighted by atomic mass is 9.90. The fourth-order valence-electron chi connectivity index (χ4n) is 0.979. The topological polar surface area (TPSA) is 37.3 Å². The molecule has 0 unspecified atom stereocenters. The lowest BCUT2D eigenvalue weighted by Crippen LogP contribution is -2.11. The summed E-state index contributed by atoms with van der Waals surface area (Å²) in [5.41, 5.74) is 2.48. The molecule has 0 aliphatic heterocycles. The van der Waals surface area contributed by atoms with Gasteiger partial charge in [0.05, 0.1) is 5.56 Å². The zero-order valence-corrected chi connectivity index (χ0v) is 8.26. The van der Waals surface area contributed by atoms with Crippen LogP contribution in [-0.4, -0.2) is 18.9 Å². The number of halogens is 1. The Morgan fingerprint density at radius 1 is 1.58 bits per heavy atom. The molecule has 0 spiro atoms. The number of carbonyl (C=O) groups is 1. The van der Waals surface area contributed by atoms with Crippen LogP contribution < -0.4 is 5.46 Å². The summed E-state index contributed by atoms with van der Waals surface area (Å²) in [7, 11) is 1.91. The smallest absolute Gasteiger partial charge is 0.335 e. The van der Waals surface area contributed by atoms with Crippen LogP contribution in [0.25, 0.3) is 0 Å². The van der Waals surface area contributed by atoms with Crippen molar-refractivity contribution < 1.29 is 9.90 Å². The van der Waals surface area contributed by atoms with E-state index >= 15 is 0 Å². The van der Waals surface area contributed by atoms with E-state index in [1.165, 1.54) is 0 Å². The van der Waals surface area contributed by atoms with Crippen molar-refractivity contribution in [2.75, 3.05) is 0 Å². The Kier molecular flexibility index (Phi) is 2.92. The first-order valence-electron chi connectivity index (χ1n) is 3.54. The molecule has 0 aromatic heterocycles. The summed E-state index contributed by atoms with van der Waals surface area (Å²) in [6.07, 6.45) is 0. The third kappa shape index (κ3) is 1.88. The number of carboxylic acid groups (broad SMARTS) is 1. The Hall–Kier alpha value is -0.765. The molecular weight excluding hydrogens is 219 g/mol. The van der Waals surface area contributed by atoms with E-state index in [1.807, 2.05) is 13.9 Å². The van der Waals surface area contributed by atoms with Crippen molar-refractivity contribution in [1.29, 1.82) is 0 Å². The van der Waals surface area contributed by atoms with Crippen molar-refractivity contribution in [1.82, 2.24) is 0 Å². The van der Waals surface area contributed by atoms with Gasteiger partial charge in [0.15, 0.2) is 0 Å². The highest BCUT2D eigenvalue weighted by Crippen LogP contribution is 2.04. The van der Waals surface area contributed by atoms with Gasteiger partial charge in [-0.1, -0.05) is 33.5 Å². The molecule has 1 N–H and O–H groups in total. The van der Waals surface area contributed by atoms with E-state index in [0.717, 1.165) is 16.4 Å². The van der Waals surface area contributed by atoms with Gasteiger partial charge in [-0.3, -0.25) is 0 Å².